The molecule has 1 N–H and O–H groups in total. The first kappa shape index (κ1) is 16.4. The lowest BCUT2D eigenvalue weighted by molar-refractivity contribution is -0.123. The number of benzene rings is 1. The molecule has 2 heterocycles. The normalized spacial score (nSPS) is 19.5. The quantitative estimate of drug-likeness (QED) is 0.845. The van der Waals surface area contributed by atoms with Gasteiger partial charge in [0.05, 0.1) is 18.2 Å². The molecule has 1 amide bonds. The van der Waals surface area contributed by atoms with Crippen molar-refractivity contribution in [2.45, 2.75) is 17.9 Å². The minimum atomic E-state index is -3.77. The van der Waals surface area contributed by atoms with Gasteiger partial charge >= 0.3 is 0 Å². The van der Waals surface area contributed by atoms with Crippen LogP contribution in [0.15, 0.2) is 35.4 Å². The second kappa shape index (κ2) is 6.21. The maximum atomic E-state index is 12.8. The van der Waals surface area contributed by atoms with Gasteiger partial charge in [-0.2, -0.15) is 14.6 Å². The summed E-state index contributed by atoms with van der Waals surface area (Å²) in [6.45, 7) is 1.95. The number of sulfonamides is 1. The highest BCUT2D eigenvalue weighted by Crippen LogP contribution is 2.25. The van der Waals surface area contributed by atoms with Gasteiger partial charge in [0.2, 0.25) is 15.9 Å². The van der Waals surface area contributed by atoms with Gasteiger partial charge in [0.1, 0.15) is 11.8 Å². The number of hydrogen-bond acceptors (Lipinski definition) is 6. The fourth-order valence-electron chi connectivity index (χ4n) is 2.62. The molecule has 1 aliphatic rings. The number of hydrogen-bond donors (Lipinski definition) is 1. The monoisotopic (exact) mass is 351 g/mol. The summed E-state index contributed by atoms with van der Waals surface area (Å²) in [6.07, 6.45) is 1.43. The highest BCUT2D eigenvalue weighted by molar-refractivity contribution is 7.89. The third-order valence-electron chi connectivity index (χ3n) is 3.94. The van der Waals surface area contributed by atoms with E-state index in [1.165, 1.54) is 34.6 Å². The number of anilines is 1. The molecule has 1 aromatic carbocycles. The summed E-state index contributed by atoms with van der Waals surface area (Å²) in [6, 6.07) is 5.25. The Kier molecular flexibility index (Phi) is 4.24. The van der Waals surface area contributed by atoms with E-state index in [-0.39, 0.29) is 23.9 Å². The number of carbonyl (C=O) groups is 1. The molecule has 0 aliphatic carbocycles. The molecule has 3 rings (SSSR count). The van der Waals surface area contributed by atoms with Crippen molar-refractivity contribution >= 4 is 21.7 Å². The predicted molar refractivity (Wildman–Crippen MR) is 85.1 cm³/mol. The third-order valence-corrected chi connectivity index (χ3v) is 5.93. The van der Waals surface area contributed by atoms with Gasteiger partial charge < -0.3 is 4.74 Å². The summed E-state index contributed by atoms with van der Waals surface area (Å²) in [5.41, 5.74) is 0. The van der Waals surface area contributed by atoms with Crippen molar-refractivity contribution in [1.29, 1.82) is 0 Å². The molecule has 24 heavy (non-hydrogen) atoms. The molecule has 1 atom stereocenters. The van der Waals surface area contributed by atoms with Crippen LogP contribution >= 0.6 is 0 Å². The summed E-state index contributed by atoms with van der Waals surface area (Å²) in [4.78, 5) is 14.1. The molecule has 128 valence electrons. The molecule has 1 aromatic heterocycles. The SMILES string of the molecule is COc1ccc(S(=O)(=O)N2CCN(c3cn[nH]n3)C(=O)C2C)cc1. The topological polar surface area (TPSA) is 108 Å². The molecule has 1 saturated heterocycles. The van der Waals surface area contributed by atoms with E-state index >= 15 is 0 Å². The standard InChI is InChI=1S/C14H17N5O4S/c1-10-14(20)18(13-9-15-17-16-13)7-8-19(10)24(21,22)12-5-3-11(23-2)4-6-12/h3-6,9-10H,7-8H2,1-2H3,(H,15,16,17). The molecule has 0 bridgehead atoms. The molecule has 2 aromatic rings. The predicted octanol–water partition coefficient (Wildman–Crippen LogP) is 0.239. The van der Waals surface area contributed by atoms with Gasteiger partial charge in [0, 0.05) is 13.1 Å². The molecule has 0 saturated carbocycles. The van der Waals surface area contributed by atoms with Crippen molar-refractivity contribution in [2.24, 2.45) is 0 Å². The molecule has 9 nitrogen and oxygen atoms in total. The molecular formula is C14H17N5O4S. The number of ether oxygens (including phenoxy) is 1. The van der Waals surface area contributed by atoms with E-state index in [0.717, 1.165) is 0 Å². The van der Waals surface area contributed by atoms with E-state index < -0.39 is 16.1 Å². The number of methoxy groups -OCH3 is 1. The lowest BCUT2D eigenvalue weighted by atomic mass is 10.2. The minimum Gasteiger partial charge on any atom is -0.497 e. The van der Waals surface area contributed by atoms with Crippen LogP contribution in [-0.2, 0) is 14.8 Å². The Morgan fingerprint density at radius 3 is 2.54 bits per heavy atom. The maximum absolute atomic E-state index is 12.8. The zero-order valence-corrected chi connectivity index (χ0v) is 14.0. The number of carbonyl (C=O) groups excluding carboxylic acids is 1. The lowest BCUT2D eigenvalue weighted by Gasteiger charge is -2.36. The average molecular weight is 351 g/mol. The van der Waals surface area contributed by atoms with Crippen LogP contribution in [0.4, 0.5) is 5.82 Å². The first-order valence-corrected chi connectivity index (χ1v) is 8.72. The van der Waals surface area contributed by atoms with E-state index in [1.54, 1.807) is 19.1 Å². The van der Waals surface area contributed by atoms with Crippen LogP contribution in [0, 0.1) is 0 Å². The molecule has 1 fully saturated rings. The van der Waals surface area contributed by atoms with E-state index in [9.17, 15) is 13.2 Å². The smallest absolute Gasteiger partial charge is 0.246 e. The third kappa shape index (κ3) is 2.74. The van der Waals surface area contributed by atoms with Gasteiger partial charge in [-0.15, -0.1) is 5.10 Å². The number of aromatic amines is 1. The van der Waals surface area contributed by atoms with Crippen molar-refractivity contribution < 1.29 is 17.9 Å². The Bertz CT molecular complexity index is 819. The number of nitrogens with one attached hydrogen (secondary N) is 1. The maximum Gasteiger partial charge on any atom is 0.246 e. The fraction of sp³-hybridized carbons (Fsp3) is 0.357. The largest absolute Gasteiger partial charge is 0.497 e. The van der Waals surface area contributed by atoms with Gasteiger partial charge in [-0.1, -0.05) is 0 Å². The van der Waals surface area contributed by atoms with Crippen LogP contribution in [0.1, 0.15) is 6.92 Å². The van der Waals surface area contributed by atoms with Crippen molar-refractivity contribution in [3.63, 3.8) is 0 Å². The molecular weight excluding hydrogens is 334 g/mol. The van der Waals surface area contributed by atoms with E-state index in [2.05, 4.69) is 15.4 Å². The zero-order valence-electron chi connectivity index (χ0n) is 13.2. The van der Waals surface area contributed by atoms with Crippen LogP contribution in [-0.4, -0.2) is 60.3 Å². The van der Waals surface area contributed by atoms with Crippen LogP contribution in [0.3, 0.4) is 0 Å². The van der Waals surface area contributed by atoms with Crippen molar-refractivity contribution in [3.05, 3.63) is 30.5 Å². The van der Waals surface area contributed by atoms with Crippen molar-refractivity contribution in [1.82, 2.24) is 19.7 Å². The number of piperazine rings is 1. The summed E-state index contributed by atoms with van der Waals surface area (Å²) >= 11 is 0. The van der Waals surface area contributed by atoms with Gasteiger partial charge in [0.25, 0.3) is 0 Å². The minimum absolute atomic E-state index is 0.123. The number of amides is 1. The second-order valence-corrected chi connectivity index (χ2v) is 7.18. The highest BCUT2D eigenvalue weighted by atomic mass is 32.2. The fourth-order valence-corrected chi connectivity index (χ4v) is 4.19. The number of aromatic nitrogens is 3. The first-order valence-electron chi connectivity index (χ1n) is 7.28. The molecule has 0 radical (unpaired) electrons. The van der Waals surface area contributed by atoms with Crippen LogP contribution in [0.5, 0.6) is 5.75 Å². The number of nitrogens with zero attached hydrogens (tertiary/aromatic N) is 4. The summed E-state index contributed by atoms with van der Waals surface area (Å²) in [7, 11) is -2.27. The Balaban J connectivity index is 1.85. The summed E-state index contributed by atoms with van der Waals surface area (Å²) in [5.74, 6) is 0.606. The number of rotatable bonds is 4. The average Bonchev–Trinajstić information content (AvgIpc) is 3.11. The van der Waals surface area contributed by atoms with Crippen LogP contribution in [0.2, 0.25) is 0 Å². The first-order chi connectivity index (χ1) is 11.4. The van der Waals surface area contributed by atoms with Gasteiger partial charge in [-0.05, 0) is 31.2 Å². The lowest BCUT2D eigenvalue weighted by Crippen LogP contribution is -2.57. The molecule has 1 aliphatic heterocycles. The Hall–Kier alpha value is -2.46. The van der Waals surface area contributed by atoms with E-state index in [4.69, 9.17) is 4.74 Å². The zero-order chi connectivity index (χ0) is 17.3. The summed E-state index contributed by atoms with van der Waals surface area (Å²) < 4.78 is 31.9. The Morgan fingerprint density at radius 2 is 1.96 bits per heavy atom. The summed E-state index contributed by atoms with van der Waals surface area (Å²) in [5, 5.41) is 9.99. The van der Waals surface area contributed by atoms with Gasteiger partial charge in [-0.3, -0.25) is 9.69 Å². The van der Waals surface area contributed by atoms with E-state index in [1.807, 2.05) is 0 Å². The van der Waals surface area contributed by atoms with Gasteiger partial charge in [0.15, 0.2) is 5.82 Å². The van der Waals surface area contributed by atoms with Crippen molar-refractivity contribution in [2.75, 3.05) is 25.1 Å². The van der Waals surface area contributed by atoms with E-state index in [0.29, 0.717) is 11.6 Å². The Morgan fingerprint density at radius 1 is 1.25 bits per heavy atom. The molecule has 1 unspecified atom stereocenters. The highest BCUT2D eigenvalue weighted by Gasteiger charge is 2.40. The van der Waals surface area contributed by atoms with Gasteiger partial charge in [-0.25, -0.2) is 8.42 Å². The van der Waals surface area contributed by atoms with Crippen molar-refractivity contribution in [3.8, 4) is 5.75 Å². The second-order valence-electron chi connectivity index (χ2n) is 5.29. The Labute approximate surface area is 139 Å². The van der Waals surface area contributed by atoms with Crippen LogP contribution in [0.25, 0.3) is 0 Å². The number of H-pyrrole nitrogens is 1. The molecule has 10 heteroatoms. The van der Waals surface area contributed by atoms with Crippen LogP contribution < -0.4 is 9.64 Å². The molecule has 0 spiro atoms.